The molecule has 0 saturated heterocycles. The number of methoxy groups -OCH3 is 3. The Kier molecular flexibility index (Phi) is 5.25. The lowest BCUT2D eigenvalue weighted by Gasteiger charge is -2.14. The van der Waals surface area contributed by atoms with Gasteiger partial charge in [0.1, 0.15) is 0 Å². The van der Waals surface area contributed by atoms with Gasteiger partial charge >= 0.3 is 0 Å². The van der Waals surface area contributed by atoms with Crippen LogP contribution in [0.2, 0.25) is 0 Å². The van der Waals surface area contributed by atoms with Gasteiger partial charge < -0.3 is 24.1 Å². The van der Waals surface area contributed by atoms with E-state index in [9.17, 15) is 4.79 Å². The van der Waals surface area contributed by atoms with Crippen molar-refractivity contribution in [2.45, 2.75) is 6.92 Å². The minimum absolute atomic E-state index is 0.327. The number of anilines is 1. The SMILES string of the molecule is COc1cc(C(=O)Nc2ccccc2-c2nc(C)no2)cc(OC)c1OC. The summed E-state index contributed by atoms with van der Waals surface area (Å²) < 4.78 is 21.1. The predicted molar refractivity (Wildman–Crippen MR) is 98.5 cm³/mol. The Hall–Kier alpha value is -3.55. The number of amides is 1. The molecule has 0 aliphatic rings. The van der Waals surface area contributed by atoms with Crippen LogP contribution in [-0.2, 0) is 0 Å². The molecule has 0 aliphatic carbocycles. The number of aromatic nitrogens is 2. The highest BCUT2D eigenvalue weighted by atomic mass is 16.5. The first kappa shape index (κ1) is 18.2. The number of hydrogen-bond acceptors (Lipinski definition) is 7. The summed E-state index contributed by atoms with van der Waals surface area (Å²) in [7, 11) is 4.49. The molecular formula is C19H19N3O5. The highest BCUT2D eigenvalue weighted by Crippen LogP contribution is 2.38. The summed E-state index contributed by atoms with van der Waals surface area (Å²) >= 11 is 0. The Morgan fingerprint density at radius 2 is 1.70 bits per heavy atom. The molecule has 0 bridgehead atoms. The Morgan fingerprint density at radius 1 is 1.04 bits per heavy atom. The topological polar surface area (TPSA) is 95.7 Å². The molecule has 1 heterocycles. The smallest absolute Gasteiger partial charge is 0.260 e. The first-order valence-corrected chi connectivity index (χ1v) is 8.08. The van der Waals surface area contributed by atoms with E-state index in [1.54, 1.807) is 37.3 Å². The highest BCUT2D eigenvalue weighted by Gasteiger charge is 2.19. The van der Waals surface area contributed by atoms with Crippen molar-refractivity contribution < 1.29 is 23.5 Å². The van der Waals surface area contributed by atoms with Gasteiger partial charge in [-0.3, -0.25) is 4.79 Å². The average molecular weight is 369 g/mol. The number of carbonyl (C=O) groups excluding carboxylic acids is 1. The fourth-order valence-electron chi connectivity index (χ4n) is 2.59. The highest BCUT2D eigenvalue weighted by molar-refractivity contribution is 6.06. The van der Waals surface area contributed by atoms with Crippen molar-refractivity contribution in [1.82, 2.24) is 10.1 Å². The zero-order valence-electron chi connectivity index (χ0n) is 15.4. The van der Waals surface area contributed by atoms with Crippen LogP contribution >= 0.6 is 0 Å². The van der Waals surface area contributed by atoms with Crippen LogP contribution in [-0.4, -0.2) is 37.4 Å². The normalized spacial score (nSPS) is 10.4. The molecule has 3 aromatic rings. The largest absolute Gasteiger partial charge is 0.493 e. The molecule has 0 fully saturated rings. The third-order valence-corrected chi connectivity index (χ3v) is 3.86. The van der Waals surface area contributed by atoms with Crippen LogP contribution in [0.5, 0.6) is 17.2 Å². The summed E-state index contributed by atoms with van der Waals surface area (Å²) in [5.74, 6) is 1.69. The van der Waals surface area contributed by atoms with Gasteiger partial charge in [-0.2, -0.15) is 4.98 Å². The van der Waals surface area contributed by atoms with Crippen molar-refractivity contribution in [2.75, 3.05) is 26.6 Å². The van der Waals surface area contributed by atoms with Crippen LogP contribution in [0.4, 0.5) is 5.69 Å². The molecule has 1 aromatic heterocycles. The monoisotopic (exact) mass is 369 g/mol. The minimum Gasteiger partial charge on any atom is -0.493 e. The summed E-state index contributed by atoms with van der Waals surface area (Å²) in [4.78, 5) is 17.0. The lowest BCUT2D eigenvalue weighted by Crippen LogP contribution is -2.13. The lowest BCUT2D eigenvalue weighted by atomic mass is 10.1. The standard InChI is InChI=1S/C19H19N3O5/c1-11-20-19(27-22-11)13-7-5-6-8-14(13)21-18(23)12-9-15(24-2)17(26-4)16(10-12)25-3/h5-10H,1-4H3,(H,21,23). The van der Waals surface area contributed by atoms with E-state index in [1.807, 2.05) is 6.07 Å². The van der Waals surface area contributed by atoms with Crippen molar-refractivity contribution in [1.29, 1.82) is 0 Å². The maximum Gasteiger partial charge on any atom is 0.260 e. The van der Waals surface area contributed by atoms with E-state index in [4.69, 9.17) is 18.7 Å². The first-order valence-electron chi connectivity index (χ1n) is 8.08. The summed E-state index contributed by atoms with van der Waals surface area (Å²) in [6, 6.07) is 10.3. The van der Waals surface area contributed by atoms with Crippen molar-refractivity contribution in [3.8, 4) is 28.7 Å². The number of para-hydroxylation sites is 1. The van der Waals surface area contributed by atoms with Crippen LogP contribution in [0, 0.1) is 6.92 Å². The Balaban J connectivity index is 1.95. The van der Waals surface area contributed by atoms with Crippen molar-refractivity contribution >= 4 is 11.6 Å². The second-order valence-electron chi connectivity index (χ2n) is 5.56. The van der Waals surface area contributed by atoms with E-state index in [0.717, 1.165) is 0 Å². The van der Waals surface area contributed by atoms with Gasteiger partial charge in [0.15, 0.2) is 17.3 Å². The van der Waals surface area contributed by atoms with Gasteiger partial charge in [0.2, 0.25) is 5.75 Å². The third-order valence-electron chi connectivity index (χ3n) is 3.86. The molecule has 0 saturated carbocycles. The third kappa shape index (κ3) is 3.69. The number of ether oxygens (including phenoxy) is 3. The number of benzene rings is 2. The Bertz CT molecular complexity index is 942. The van der Waals surface area contributed by atoms with Crippen LogP contribution in [0.3, 0.4) is 0 Å². The van der Waals surface area contributed by atoms with E-state index in [1.165, 1.54) is 21.3 Å². The summed E-state index contributed by atoms with van der Waals surface area (Å²) in [5, 5.41) is 6.65. The molecule has 8 heteroatoms. The number of rotatable bonds is 6. The van der Waals surface area contributed by atoms with Gasteiger partial charge in [0.05, 0.1) is 32.6 Å². The molecular weight excluding hydrogens is 350 g/mol. The number of nitrogens with zero attached hydrogens (tertiary/aromatic N) is 2. The summed E-state index contributed by atoms with van der Waals surface area (Å²) in [5.41, 5.74) is 1.51. The molecule has 27 heavy (non-hydrogen) atoms. The summed E-state index contributed by atoms with van der Waals surface area (Å²) in [6.07, 6.45) is 0. The van der Waals surface area contributed by atoms with Gasteiger partial charge in [-0.05, 0) is 31.2 Å². The van der Waals surface area contributed by atoms with E-state index < -0.39 is 0 Å². The molecule has 0 unspecified atom stereocenters. The number of nitrogens with one attached hydrogen (secondary N) is 1. The molecule has 0 atom stereocenters. The van der Waals surface area contributed by atoms with Gasteiger partial charge in [0, 0.05) is 5.56 Å². The van der Waals surface area contributed by atoms with Gasteiger partial charge in [-0.15, -0.1) is 0 Å². The Labute approximate surface area is 156 Å². The predicted octanol–water partition coefficient (Wildman–Crippen LogP) is 3.32. The van der Waals surface area contributed by atoms with E-state index in [2.05, 4.69) is 15.5 Å². The molecule has 1 N–H and O–H groups in total. The van der Waals surface area contributed by atoms with Crippen LogP contribution in [0.25, 0.3) is 11.5 Å². The zero-order valence-corrected chi connectivity index (χ0v) is 15.4. The van der Waals surface area contributed by atoms with E-state index in [0.29, 0.717) is 45.8 Å². The lowest BCUT2D eigenvalue weighted by molar-refractivity contribution is 0.102. The molecule has 2 aromatic carbocycles. The second-order valence-corrected chi connectivity index (χ2v) is 5.56. The molecule has 0 radical (unpaired) electrons. The first-order chi connectivity index (χ1) is 13.1. The van der Waals surface area contributed by atoms with Gasteiger partial charge in [-0.1, -0.05) is 17.3 Å². The zero-order chi connectivity index (χ0) is 19.4. The fourth-order valence-corrected chi connectivity index (χ4v) is 2.59. The van der Waals surface area contributed by atoms with Crippen molar-refractivity contribution in [3.63, 3.8) is 0 Å². The van der Waals surface area contributed by atoms with Crippen molar-refractivity contribution in [2.24, 2.45) is 0 Å². The molecule has 0 aliphatic heterocycles. The molecule has 0 spiro atoms. The van der Waals surface area contributed by atoms with Gasteiger partial charge in [0.25, 0.3) is 11.8 Å². The van der Waals surface area contributed by atoms with Crippen LogP contribution < -0.4 is 19.5 Å². The maximum absolute atomic E-state index is 12.8. The molecule has 140 valence electrons. The summed E-state index contributed by atoms with van der Waals surface area (Å²) in [6.45, 7) is 1.73. The van der Waals surface area contributed by atoms with Crippen molar-refractivity contribution in [3.05, 3.63) is 47.8 Å². The number of aryl methyl sites for hydroxylation is 1. The molecule has 1 amide bonds. The van der Waals surface area contributed by atoms with Gasteiger partial charge in [-0.25, -0.2) is 0 Å². The fraction of sp³-hybridized carbons (Fsp3) is 0.211. The average Bonchev–Trinajstić information content (AvgIpc) is 3.13. The van der Waals surface area contributed by atoms with Crippen LogP contribution in [0.15, 0.2) is 40.9 Å². The number of hydrogen-bond donors (Lipinski definition) is 1. The van der Waals surface area contributed by atoms with Crippen LogP contribution in [0.1, 0.15) is 16.2 Å². The number of carbonyl (C=O) groups is 1. The minimum atomic E-state index is -0.349. The quantitative estimate of drug-likeness (QED) is 0.712. The molecule has 3 rings (SSSR count). The molecule has 8 nitrogen and oxygen atoms in total. The van der Waals surface area contributed by atoms with E-state index in [-0.39, 0.29) is 5.91 Å². The van der Waals surface area contributed by atoms with E-state index >= 15 is 0 Å². The Morgan fingerprint density at radius 3 is 2.26 bits per heavy atom. The maximum atomic E-state index is 12.8. The second kappa shape index (κ2) is 7.77.